The molecule has 2 unspecified atom stereocenters. The lowest BCUT2D eigenvalue weighted by molar-refractivity contribution is -0.119. The zero-order valence-electron chi connectivity index (χ0n) is 19.3. The van der Waals surface area contributed by atoms with E-state index in [-0.39, 0.29) is 11.8 Å². The number of hydrogen-bond donors (Lipinski definition) is 1. The van der Waals surface area contributed by atoms with E-state index in [4.69, 9.17) is 9.47 Å². The quantitative estimate of drug-likeness (QED) is 0.533. The predicted octanol–water partition coefficient (Wildman–Crippen LogP) is 4.90. The van der Waals surface area contributed by atoms with Crippen LogP contribution in [-0.4, -0.2) is 43.7 Å². The topological polar surface area (TPSA) is 67.9 Å². The van der Waals surface area contributed by atoms with Gasteiger partial charge in [-0.15, -0.1) is 11.8 Å². The Kier molecular flexibility index (Phi) is 5.96. The summed E-state index contributed by atoms with van der Waals surface area (Å²) in [6, 6.07) is 18.9. The summed E-state index contributed by atoms with van der Waals surface area (Å²) in [6.07, 6.45) is 2.74. The van der Waals surface area contributed by atoms with E-state index >= 15 is 0 Å². The van der Waals surface area contributed by atoms with Gasteiger partial charge in [0.25, 0.3) is 5.91 Å². The van der Waals surface area contributed by atoms with Crippen molar-refractivity contribution >= 4 is 29.3 Å². The van der Waals surface area contributed by atoms with E-state index in [2.05, 4.69) is 11.4 Å². The summed E-state index contributed by atoms with van der Waals surface area (Å²) in [5.74, 6) is 0.105. The fraction of sp³-hybridized carbons (Fsp3) is 0.259. The Bertz CT molecular complexity index is 1280. The molecule has 0 spiro atoms. The first-order valence-electron chi connectivity index (χ1n) is 11.2. The molecule has 0 saturated heterocycles. The summed E-state index contributed by atoms with van der Waals surface area (Å²) in [5.41, 5.74) is 4.07. The number of fused-ring (bicyclic) bond motifs is 4. The molecule has 0 aromatic heterocycles. The number of nitrogens with zero attached hydrogens (tertiary/aromatic N) is 1. The average molecular weight is 475 g/mol. The molecule has 0 fully saturated rings. The predicted molar refractivity (Wildman–Crippen MR) is 133 cm³/mol. The summed E-state index contributed by atoms with van der Waals surface area (Å²) < 4.78 is 11.0. The van der Waals surface area contributed by atoms with E-state index in [9.17, 15) is 9.59 Å². The second-order valence-corrected chi connectivity index (χ2v) is 9.20. The summed E-state index contributed by atoms with van der Waals surface area (Å²) in [5, 5.41) is 3.15. The van der Waals surface area contributed by atoms with Gasteiger partial charge >= 0.3 is 0 Å². The first kappa shape index (κ1) is 22.3. The van der Waals surface area contributed by atoms with Crippen LogP contribution in [0.2, 0.25) is 0 Å². The summed E-state index contributed by atoms with van der Waals surface area (Å²) >= 11 is 1.58. The fourth-order valence-electron chi connectivity index (χ4n) is 5.09. The van der Waals surface area contributed by atoms with Gasteiger partial charge < -0.3 is 19.7 Å². The van der Waals surface area contributed by atoms with Crippen LogP contribution in [0.1, 0.15) is 39.0 Å². The number of para-hydroxylation sites is 1. The minimum absolute atomic E-state index is 0.0935. The van der Waals surface area contributed by atoms with Gasteiger partial charge in [-0.3, -0.25) is 9.59 Å². The van der Waals surface area contributed by atoms with Crippen molar-refractivity contribution in [3.05, 3.63) is 82.9 Å². The maximum Gasteiger partial charge on any atom is 0.254 e. The van der Waals surface area contributed by atoms with Gasteiger partial charge in [0.15, 0.2) is 11.5 Å². The minimum atomic E-state index is -0.608. The zero-order valence-corrected chi connectivity index (χ0v) is 20.1. The lowest BCUT2D eigenvalue weighted by atomic mass is 9.75. The molecule has 0 saturated carbocycles. The van der Waals surface area contributed by atoms with Crippen molar-refractivity contribution in [1.82, 2.24) is 4.90 Å². The Morgan fingerprint density at radius 2 is 1.71 bits per heavy atom. The molecule has 2 aliphatic rings. The van der Waals surface area contributed by atoms with E-state index in [0.29, 0.717) is 29.2 Å². The third-order valence-electron chi connectivity index (χ3n) is 6.68. The van der Waals surface area contributed by atoms with Gasteiger partial charge in [0.2, 0.25) is 5.91 Å². The molecule has 2 amide bonds. The van der Waals surface area contributed by atoms with Crippen molar-refractivity contribution in [3.63, 3.8) is 0 Å². The molecule has 7 heteroatoms. The summed E-state index contributed by atoms with van der Waals surface area (Å²) in [4.78, 5) is 30.5. The Labute approximate surface area is 203 Å². The highest BCUT2D eigenvalue weighted by molar-refractivity contribution is 7.98. The van der Waals surface area contributed by atoms with Crippen LogP contribution >= 0.6 is 11.8 Å². The molecule has 3 aromatic rings. The zero-order chi connectivity index (χ0) is 23.8. The molecule has 34 heavy (non-hydrogen) atoms. The fourth-order valence-corrected chi connectivity index (χ4v) is 5.64. The molecule has 0 radical (unpaired) electrons. The van der Waals surface area contributed by atoms with E-state index in [0.717, 1.165) is 22.6 Å². The van der Waals surface area contributed by atoms with Crippen LogP contribution in [0.15, 0.2) is 65.6 Å². The highest BCUT2D eigenvalue weighted by atomic mass is 32.2. The highest BCUT2D eigenvalue weighted by Crippen LogP contribution is 2.48. The maximum atomic E-state index is 14.0. The van der Waals surface area contributed by atoms with Crippen LogP contribution in [0, 0.1) is 0 Å². The Morgan fingerprint density at radius 3 is 2.47 bits per heavy atom. The second-order valence-electron chi connectivity index (χ2n) is 8.35. The van der Waals surface area contributed by atoms with Crippen LogP contribution in [0.5, 0.6) is 11.5 Å². The Balaban J connectivity index is 1.68. The van der Waals surface area contributed by atoms with Gasteiger partial charge in [-0.05, 0) is 53.6 Å². The minimum Gasteiger partial charge on any atom is -0.493 e. The van der Waals surface area contributed by atoms with Crippen LogP contribution in [0.3, 0.4) is 0 Å². The van der Waals surface area contributed by atoms with Crippen LogP contribution in [0.4, 0.5) is 5.69 Å². The molecule has 174 valence electrons. The third kappa shape index (κ3) is 3.60. The van der Waals surface area contributed by atoms with E-state index < -0.39 is 12.0 Å². The summed E-state index contributed by atoms with van der Waals surface area (Å²) in [6.45, 7) is 0.555. The van der Waals surface area contributed by atoms with Crippen molar-refractivity contribution in [2.75, 3.05) is 32.3 Å². The molecule has 3 aromatic carbocycles. The van der Waals surface area contributed by atoms with Crippen molar-refractivity contribution in [2.45, 2.75) is 23.3 Å². The van der Waals surface area contributed by atoms with E-state index in [1.165, 1.54) is 5.56 Å². The number of amides is 2. The molecule has 5 rings (SSSR count). The van der Waals surface area contributed by atoms with Crippen molar-refractivity contribution < 1.29 is 19.1 Å². The number of rotatable bonds is 5. The lowest BCUT2D eigenvalue weighted by Crippen LogP contribution is -2.49. The standard InChI is InChI=1S/C27H26N2O4S/c1-32-21-14-18-19(15-22(21)33-2)27(31)29-13-12-16-8-4-5-9-17(16)25(29)24(18)26(30)28-20-10-6-7-11-23(20)34-3/h4-11,14-15,24-25H,12-13H2,1-3H3,(H,28,30). The molecule has 0 bridgehead atoms. The highest BCUT2D eigenvalue weighted by Gasteiger charge is 2.47. The normalized spacial score (nSPS) is 18.4. The van der Waals surface area contributed by atoms with E-state index in [1.807, 2.05) is 53.6 Å². The summed E-state index contributed by atoms with van der Waals surface area (Å²) in [7, 11) is 3.10. The van der Waals surface area contributed by atoms with Crippen LogP contribution in [0.25, 0.3) is 0 Å². The van der Waals surface area contributed by atoms with E-state index in [1.54, 1.807) is 38.1 Å². The van der Waals surface area contributed by atoms with Gasteiger partial charge in [-0.2, -0.15) is 0 Å². The number of benzene rings is 3. The van der Waals surface area contributed by atoms with Crippen molar-refractivity contribution in [2.24, 2.45) is 0 Å². The SMILES string of the molecule is COc1cc2c(cc1OC)C(C(=O)Nc1ccccc1SC)C1c3ccccc3CCN1C2=O. The smallest absolute Gasteiger partial charge is 0.254 e. The average Bonchev–Trinajstić information content (AvgIpc) is 2.88. The molecular weight excluding hydrogens is 448 g/mol. The number of ether oxygens (including phenoxy) is 2. The number of carbonyl (C=O) groups excluding carboxylic acids is 2. The monoisotopic (exact) mass is 474 g/mol. The van der Waals surface area contributed by atoms with Crippen molar-refractivity contribution in [1.29, 1.82) is 0 Å². The lowest BCUT2D eigenvalue weighted by Gasteiger charge is -2.45. The first-order chi connectivity index (χ1) is 16.6. The molecule has 2 aliphatic heterocycles. The van der Waals surface area contributed by atoms with Gasteiger partial charge in [-0.25, -0.2) is 0 Å². The van der Waals surface area contributed by atoms with Crippen LogP contribution in [-0.2, 0) is 11.2 Å². The molecule has 6 nitrogen and oxygen atoms in total. The number of methoxy groups -OCH3 is 2. The van der Waals surface area contributed by atoms with Gasteiger partial charge in [0.1, 0.15) is 0 Å². The van der Waals surface area contributed by atoms with Gasteiger partial charge in [0.05, 0.1) is 31.9 Å². The molecule has 0 aliphatic carbocycles. The third-order valence-corrected chi connectivity index (χ3v) is 7.47. The second kappa shape index (κ2) is 9.06. The first-order valence-corrected chi connectivity index (χ1v) is 12.4. The Hall–Kier alpha value is -3.45. The number of hydrogen-bond acceptors (Lipinski definition) is 5. The molecular formula is C27H26N2O4S. The van der Waals surface area contributed by atoms with Crippen molar-refractivity contribution in [3.8, 4) is 11.5 Å². The van der Waals surface area contributed by atoms with Gasteiger partial charge in [0, 0.05) is 17.0 Å². The van der Waals surface area contributed by atoms with Gasteiger partial charge in [-0.1, -0.05) is 36.4 Å². The number of carbonyl (C=O) groups is 2. The maximum absolute atomic E-state index is 14.0. The number of nitrogens with one attached hydrogen (secondary N) is 1. The Morgan fingerprint density at radius 1 is 1.00 bits per heavy atom. The molecule has 1 N–H and O–H groups in total. The number of anilines is 1. The largest absolute Gasteiger partial charge is 0.493 e. The molecule has 2 atom stereocenters. The molecule has 2 heterocycles. The van der Waals surface area contributed by atoms with Crippen LogP contribution < -0.4 is 14.8 Å². The number of thioether (sulfide) groups is 1.